The zero-order valence-corrected chi connectivity index (χ0v) is 16.8. The van der Waals surface area contributed by atoms with Gasteiger partial charge in [0.1, 0.15) is 5.54 Å². The van der Waals surface area contributed by atoms with Crippen LogP contribution in [0, 0.1) is 0 Å². The van der Waals surface area contributed by atoms with Crippen molar-refractivity contribution < 1.29 is 14.4 Å². The molecule has 1 aliphatic heterocycles. The smallest absolute Gasteiger partial charge is 0.322 e. The predicted octanol–water partition coefficient (Wildman–Crippen LogP) is 2.65. The first-order valence-corrected chi connectivity index (χ1v) is 10.4. The molecule has 7 nitrogen and oxygen atoms in total. The number of benzene rings is 2. The Morgan fingerprint density at radius 1 is 0.933 bits per heavy atom. The van der Waals surface area contributed by atoms with Crippen molar-refractivity contribution in [3.05, 3.63) is 71.8 Å². The molecule has 4 amide bonds. The molecule has 0 unspecified atom stereocenters. The van der Waals surface area contributed by atoms with Gasteiger partial charge in [-0.3, -0.25) is 20.3 Å². The minimum atomic E-state index is -0.855. The molecule has 7 heteroatoms. The topological polar surface area (TPSA) is 90.5 Å². The molecular weight excluding hydrogens is 380 g/mol. The summed E-state index contributed by atoms with van der Waals surface area (Å²) < 4.78 is 0. The first kappa shape index (κ1) is 20.1. The summed E-state index contributed by atoms with van der Waals surface area (Å²) in [5, 5.41) is 6.88. The highest BCUT2D eigenvalue weighted by atomic mass is 16.2. The van der Waals surface area contributed by atoms with Gasteiger partial charge in [0.2, 0.25) is 0 Å². The van der Waals surface area contributed by atoms with Gasteiger partial charge in [0.15, 0.2) is 0 Å². The van der Waals surface area contributed by atoms with Crippen molar-refractivity contribution in [3.8, 4) is 0 Å². The number of imide groups is 1. The van der Waals surface area contributed by atoms with Crippen molar-refractivity contribution in [1.29, 1.82) is 0 Å². The Morgan fingerprint density at radius 3 is 2.07 bits per heavy atom. The van der Waals surface area contributed by atoms with E-state index in [0.29, 0.717) is 12.8 Å². The minimum Gasteiger partial charge on any atom is -0.322 e. The highest BCUT2D eigenvalue weighted by Gasteiger charge is 2.52. The van der Waals surface area contributed by atoms with Crippen LogP contribution in [0.3, 0.4) is 0 Å². The van der Waals surface area contributed by atoms with E-state index in [0.717, 1.165) is 35.4 Å². The predicted molar refractivity (Wildman–Crippen MR) is 112 cm³/mol. The largest absolute Gasteiger partial charge is 0.344 e. The maximum Gasteiger partial charge on any atom is 0.344 e. The Labute approximate surface area is 175 Å². The number of nitrogens with zero attached hydrogens (tertiary/aromatic N) is 1. The van der Waals surface area contributed by atoms with Gasteiger partial charge in [-0.15, -0.1) is 0 Å². The third-order valence-electron chi connectivity index (χ3n) is 5.84. The van der Waals surface area contributed by atoms with E-state index in [2.05, 4.69) is 16.1 Å². The lowest BCUT2D eigenvalue weighted by Crippen LogP contribution is -2.52. The van der Waals surface area contributed by atoms with Crippen LogP contribution in [0.1, 0.15) is 49.3 Å². The molecule has 30 heavy (non-hydrogen) atoms. The average molecular weight is 406 g/mol. The van der Waals surface area contributed by atoms with Crippen molar-refractivity contribution in [2.45, 2.75) is 43.7 Å². The van der Waals surface area contributed by atoms with Crippen molar-refractivity contribution in [2.75, 3.05) is 6.54 Å². The van der Waals surface area contributed by atoms with Gasteiger partial charge in [0.05, 0.1) is 12.6 Å². The number of nitrogens with one attached hydrogen (secondary N) is 3. The maximum atomic E-state index is 12.8. The van der Waals surface area contributed by atoms with Gasteiger partial charge in [0, 0.05) is 0 Å². The second-order valence-corrected chi connectivity index (χ2v) is 7.88. The highest BCUT2D eigenvalue weighted by molar-refractivity contribution is 6.08. The lowest BCUT2D eigenvalue weighted by atomic mass is 9.82. The van der Waals surface area contributed by atoms with Crippen molar-refractivity contribution >= 4 is 17.8 Å². The lowest BCUT2D eigenvalue weighted by Gasteiger charge is -2.30. The molecule has 1 spiro atoms. The van der Waals surface area contributed by atoms with E-state index >= 15 is 0 Å². The lowest BCUT2D eigenvalue weighted by molar-refractivity contribution is -0.139. The van der Waals surface area contributed by atoms with Crippen LogP contribution in [0.5, 0.6) is 0 Å². The Morgan fingerprint density at radius 2 is 1.50 bits per heavy atom. The van der Waals surface area contributed by atoms with Gasteiger partial charge in [-0.25, -0.2) is 4.79 Å². The van der Waals surface area contributed by atoms with Crippen LogP contribution < -0.4 is 16.1 Å². The van der Waals surface area contributed by atoms with Crippen molar-refractivity contribution in [1.82, 2.24) is 21.1 Å². The van der Waals surface area contributed by atoms with Crippen LogP contribution in [0.2, 0.25) is 0 Å². The molecule has 1 saturated heterocycles. The quantitative estimate of drug-likeness (QED) is 0.644. The molecule has 2 fully saturated rings. The molecule has 2 aromatic rings. The molecule has 0 radical (unpaired) electrons. The van der Waals surface area contributed by atoms with Crippen LogP contribution in [-0.4, -0.2) is 34.9 Å². The number of hydrogen-bond donors (Lipinski definition) is 3. The summed E-state index contributed by atoms with van der Waals surface area (Å²) in [6, 6.07) is 18.9. The number of hydrogen-bond acceptors (Lipinski definition) is 4. The molecular formula is C23H26N4O3. The molecule has 1 aliphatic carbocycles. The zero-order chi connectivity index (χ0) is 21.0. The molecule has 2 aliphatic rings. The summed E-state index contributed by atoms with van der Waals surface area (Å²) >= 11 is 0. The Balaban J connectivity index is 1.42. The number of carbonyl (C=O) groups excluding carboxylic acids is 3. The van der Waals surface area contributed by atoms with Gasteiger partial charge in [-0.05, 0) is 24.0 Å². The van der Waals surface area contributed by atoms with Crippen LogP contribution >= 0.6 is 0 Å². The van der Waals surface area contributed by atoms with E-state index in [1.54, 1.807) is 0 Å². The van der Waals surface area contributed by atoms with Gasteiger partial charge in [0.25, 0.3) is 11.8 Å². The molecule has 4 rings (SSSR count). The maximum absolute atomic E-state index is 12.8. The SMILES string of the molecule is O=C(CNC(c1ccccc1)c1ccccc1)NN1C(=O)NC2(CCCCC2)C1=O. The molecule has 1 saturated carbocycles. The number of hydrazine groups is 1. The summed E-state index contributed by atoms with van der Waals surface area (Å²) in [7, 11) is 0. The Bertz CT molecular complexity index is 871. The molecule has 0 bridgehead atoms. The van der Waals surface area contributed by atoms with E-state index < -0.39 is 17.5 Å². The fourth-order valence-corrected chi connectivity index (χ4v) is 4.29. The van der Waals surface area contributed by atoms with Gasteiger partial charge < -0.3 is 5.32 Å². The first-order chi connectivity index (χ1) is 14.6. The average Bonchev–Trinajstić information content (AvgIpc) is 2.99. The fraction of sp³-hybridized carbons (Fsp3) is 0.348. The third-order valence-corrected chi connectivity index (χ3v) is 5.84. The summed E-state index contributed by atoms with van der Waals surface area (Å²) in [5.41, 5.74) is 3.67. The van der Waals surface area contributed by atoms with Gasteiger partial charge in [-0.2, -0.15) is 5.01 Å². The van der Waals surface area contributed by atoms with E-state index in [9.17, 15) is 14.4 Å². The molecule has 0 atom stereocenters. The number of carbonyl (C=O) groups is 3. The second-order valence-electron chi connectivity index (χ2n) is 7.88. The van der Waals surface area contributed by atoms with Crippen molar-refractivity contribution in [2.24, 2.45) is 0 Å². The Hall–Kier alpha value is -3.19. The highest BCUT2D eigenvalue weighted by Crippen LogP contribution is 2.33. The standard InChI is InChI=1S/C23H26N4O3/c28-19(26-27-21(29)23(25-22(27)30)14-8-3-9-15-23)16-24-20(17-10-4-1-5-11-17)18-12-6-2-7-13-18/h1-2,4-7,10-13,20,24H,3,8-9,14-16H2,(H,25,30)(H,26,28). The monoisotopic (exact) mass is 406 g/mol. The molecule has 3 N–H and O–H groups in total. The van der Waals surface area contributed by atoms with E-state index in [-0.39, 0.29) is 18.5 Å². The molecule has 156 valence electrons. The normalized spacial score (nSPS) is 18.0. The number of amides is 4. The third kappa shape index (κ3) is 4.07. The van der Waals surface area contributed by atoms with Crippen molar-refractivity contribution in [3.63, 3.8) is 0 Å². The van der Waals surface area contributed by atoms with E-state index in [1.807, 2.05) is 60.7 Å². The summed E-state index contributed by atoms with van der Waals surface area (Å²) in [5.74, 6) is -0.800. The zero-order valence-electron chi connectivity index (χ0n) is 16.8. The van der Waals surface area contributed by atoms with Gasteiger partial charge in [-0.1, -0.05) is 79.9 Å². The summed E-state index contributed by atoms with van der Waals surface area (Å²) in [6.07, 6.45) is 4.08. The van der Waals surface area contributed by atoms with E-state index in [4.69, 9.17) is 0 Å². The molecule has 1 heterocycles. The van der Waals surface area contributed by atoms with Crippen LogP contribution in [-0.2, 0) is 9.59 Å². The summed E-state index contributed by atoms with van der Waals surface area (Å²) in [4.78, 5) is 37.7. The number of urea groups is 1. The second kappa shape index (κ2) is 8.67. The van der Waals surface area contributed by atoms with Crippen LogP contribution in [0.4, 0.5) is 4.79 Å². The van der Waals surface area contributed by atoms with E-state index in [1.165, 1.54) is 0 Å². The number of rotatable bonds is 6. The molecule has 2 aromatic carbocycles. The minimum absolute atomic E-state index is 0.0431. The van der Waals surface area contributed by atoms with Crippen LogP contribution in [0.25, 0.3) is 0 Å². The first-order valence-electron chi connectivity index (χ1n) is 10.4. The molecule has 0 aromatic heterocycles. The summed E-state index contributed by atoms with van der Waals surface area (Å²) in [6.45, 7) is -0.0431. The van der Waals surface area contributed by atoms with Crippen LogP contribution in [0.15, 0.2) is 60.7 Å². The fourth-order valence-electron chi connectivity index (χ4n) is 4.29. The van der Waals surface area contributed by atoms with Gasteiger partial charge >= 0.3 is 6.03 Å². The Kier molecular flexibility index (Phi) is 5.81.